The average molecular weight is 540 g/mol. The van der Waals surface area contributed by atoms with Crippen molar-refractivity contribution in [1.82, 2.24) is 26.3 Å². The van der Waals surface area contributed by atoms with Crippen LogP contribution in [-0.4, -0.2) is 81.8 Å². The van der Waals surface area contributed by atoms with Crippen molar-refractivity contribution in [1.29, 1.82) is 0 Å². The molecule has 3 heterocycles. The normalized spacial score (nSPS) is 29.9. The van der Waals surface area contributed by atoms with Gasteiger partial charge in [-0.2, -0.15) is 0 Å². The van der Waals surface area contributed by atoms with Crippen molar-refractivity contribution in [2.45, 2.75) is 63.1 Å². The topological polar surface area (TPSA) is 179 Å². The van der Waals surface area contributed by atoms with Crippen LogP contribution in [0, 0.1) is 5.92 Å². The third kappa shape index (κ3) is 6.52. The van der Waals surface area contributed by atoms with Crippen LogP contribution in [-0.2, 0) is 25.5 Å². The third-order valence-corrected chi connectivity index (χ3v) is 7.09. The molecule has 0 aliphatic carbocycles. The number of aromatic hydroxyl groups is 1. The summed E-state index contributed by atoms with van der Waals surface area (Å²) >= 11 is 0. The van der Waals surface area contributed by atoms with Gasteiger partial charge in [0.25, 0.3) is 5.91 Å². The first-order valence-corrected chi connectivity index (χ1v) is 12.8. The summed E-state index contributed by atoms with van der Waals surface area (Å²) in [5.74, 6) is -4.06. The van der Waals surface area contributed by atoms with Crippen molar-refractivity contribution in [3.63, 3.8) is 0 Å². The Balaban J connectivity index is 1.67. The van der Waals surface area contributed by atoms with Gasteiger partial charge in [0.05, 0.1) is 30.2 Å². The number of nitrogens with one attached hydrogen (secondary N) is 4. The predicted molar refractivity (Wildman–Crippen MR) is 138 cm³/mol. The van der Waals surface area contributed by atoms with Gasteiger partial charge in [0.15, 0.2) is 5.69 Å². The maximum Gasteiger partial charge on any atom is 0.274 e. The number of amides is 4. The number of hydrogen-bond donors (Lipinski definition) is 6. The Labute approximate surface area is 225 Å². The Bertz CT molecular complexity index is 1210. The first kappa shape index (κ1) is 28.0. The molecule has 2 unspecified atom stereocenters. The Morgan fingerprint density at radius 1 is 1.03 bits per heavy atom. The minimum Gasteiger partial charge on any atom is -0.505 e. The van der Waals surface area contributed by atoms with Gasteiger partial charge in [0, 0.05) is 12.8 Å². The van der Waals surface area contributed by atoms with E-state index in [-0.39, 0.29) is 17.9 Å². The monoisotopic (exact) mass is 539 g/mol. The highest BCUT2D eigenvalue weighted by Gasteiger charge is 2.41. The highest BCUT2D eigenvalue weighted by atomic mass is 16.5. The molecule has 0 saturated carbocycles. The maximum absolute atomic E-state index is 13.6. The number of benzene rings is 1. The molecule has 2 aromatic rings. The van der Waals surface area contributed by atoms with Gasteiger partial charge in [-0.25, -0.2) is 4.98 Å². The molecule has 2 aliphatic heterocycles. The SMILES string of the molecule is C[C@H]1NC(=O)C(C2CCO2)NC(=O)[C@H](C)[C@H](O)[C@H](Cc2ccccc2)NC(=O)[C@H]1NC(=O)c1ncccc1O. The zero-order valence-electron chi connectivity index (χ0n) is 21.7. The lowest BCUT2D eigenvalue weighted by Gasteiger charge is -2.37. The molecule has 4 amide bonds. The molecule has 4 rings (SSSR count). The van der Waals surface area contributed by atoms with Gasteiger partial charge < -0.3 is 36.2 Å². The molecular weight excluding hydrogens is 506 g/mol. The zero-order valence-corrected chi connectivity index (χ0v) is 21.7. The number of rotatable bonds is 5. The van der Waals surface area contributed by atoms with Crippen LogP contribution in [0.15, 0.2) is 48.7 Å². The van der Waals surface area contributed by atoms with Crippen molar-refractivity contribution >= 4 is 23.6 Å². The van der Waals surface area contributed by atoms with Crippen LogP contribution in [0.5, 0.6) is 5.75 Å². The highest BCUT2D eigenvalue weighted by Crippen LogP contribution is 2.20. The van der Waals surface area contributed by atoms with Crippen LogP contribution >= 0.6 is 0 Å². The second-order valence-corrected chi connectivity index (χ2v) is 9.89. The van der Waals surface area contributed by atoms with Crippen molar-refractivity contribution in [2.24, 2.45) is 5.92 Å². The molecule has 2 saturated heterocycles. The number of aromatic nitrogens is 1. The van der Waals surface area contributed by atoms with E-state index in [1.807, 2.05) is 30.3 Å². The van der Waals surface area contributed by atoms with E-state index in [0.717, 1.165) is 5.56 Å². The summed E-state index contributed by atoms with van der Waals surface area (Å²) < 4.78 is 5.47. The second kappa shape index (κ2) is 12.2. The Morgan fingerprint density at radius 3 is 2.38 bits per heavy atom. The Hall–Kier alpha value is -4.03. The van der Waals surface area contributed by atoms with E-state index in [1.165, 1.54) is 32.2 Å². The molecule has 6 N–H and O–H groups in total. The number of carbonyl (C=O) groups is 4. The van der Waals surface area contributed by atoms with Gasteiger partial charge in [-0.1, -0.05) is 37.3 Å². The van der Waals surface area contributed by atoms with Crippen LogP contribution in [0.3, 0.4) is 0 Å². The fourth-order valence-corrected chi connectivity index (χ4v) is 4.63. The van der Waals surface area contributed by atoms with Crippen molar-refractivity contribution < 1.29 is 34.1 Å². The first-order valence-electron chi connectivity index (χ1n) is 12.8. The fraction of sp³-hybridized carbons (Fsp3) is 0.444. The molecule has 0 spiro atoms. The van der Waals surface area contributed by atoms with Gasteiger partial charge in [-0.3, -0.25) is 19.2 Å². The number of hydrogen-bond acceptors (Lipinski definition) is 8. The van der Waals surface area contributed by atoms with Gasteiger partial charge in [0.2, 0.25) is 17.7 Å². The van der Waals surface area contributed by atoms with E-state index in [1.54, 1.807) is 0 Å². The standard InChI is InChI=1S/C27H33N5O7/c1-14-23(34)17(13-16-7-4-3-5-8-16)30-25(36)20(31-26(37)21-18(33)9-6-11-28-21)15(2)29-27(38)22(32-24(14)35)19-10-12-39-19/h3-9,11,14-15,17,19-20,22-23,33-34H,10,12-13H2,1-2H3,(H,29,38)(H,30,36)(H,31,37)(H,32,35)/t14-,15-,17+,19?,20+,22?,23+/m1/s1. The summed E-state index contributed by atoms with van der Waals surface area (Å²) in [5, 5.41) is 32.0. The minimum atomic E-state index is -1.33. The minimum absolute atomic E-state index is 0.197. The molecular formula is C27H33N5O7. The summed E-state index contributed by atoms with van der Waals surface area (Å²) in [6, 6.07) is 7.61. The molecule has 7 atom stereocenters. The summed E-state index contributed by atoms with van der Waals surface area (Å²) in [6.07, 6.45) is 0.163. The molecule has 208 valence electrons. The number of carbonyl (C=O) groups excluding carboxylic acids is 4. The van der Waals surface area contributed by atoms with Crippen LogP contribution in [0.25, 0.3) is 0 Å². The number of nitrogens with zero attached hydrogens (tertiary/aromatic N) is 1. The van der Waals surface area contributed by atoms with Gasteiger partial charge in [-0.15, -0.1) is 0 Å². The first-order chi connectivity index (χ1) is 18.7. The van der Waals surface area contributed by atoms with E-state index < -0.39 is 65.9 Å². The molecule has 0 bridgehead atoms. The number of ether oxygens (including phenoxy) is 1. The summed E-state index contributed by atoms with van der Waals surface area (Å²) in [4.78, 5) is 56.8. The molecule has 1 aromatic heterocycles. The largest absolute Gasteiger partial charge is 0.505 e. The van der Waals surface area contributed by atoms with Crippen molar-refractivity contribution in [3.05, 3.63) is 59.9 Å². The summed E-state index contributed by atoms with van der Waals surface area (Å²) in [6.45, 7) is 3.47. The van der Waals surface area contributed by atoms with Gasteiger partial charge >= 0.3 is 0 Å². The Kier molecular flexibility index (Phi) is 8.77. The smallest absolute Gasteiger partial charge is 0.274 e. The van der Waals surface area contributed by atoms with E-state index in [2.05, 4.69) is 26.3 Å². The van der Waals surface area contributed by atoms with E-state index in [9.17, 15) is 29.4 Å². The van der Waals surface area contributed by atoms with Crippen molar-refractivity contribution in [3.8, 4) is 5.75 Å². The molecule has 2 fully saturated rings. The fourth-order valence-electron chi connectivity index (χ4n) is 4.63. The lowest BCUT2D eigenvalue weighted by Crippen LogP contribution is -2.66. The summed E-state index contributed by atoms with van der Waals surface area (Å²) in [5.41, 5.74) is 0.514. The molecule has 1 aromatic carbocycles. The van der Waals surface area contributed by atoms with Crippen LogP contribution in [0.4, 0.5) is 0 Å². The molecule has 39 heavy (non-hydrogen) atoms. The zero-order chi connectivity index (χ0) is 28.1. The van der Waals surface area contributed by atoms with Crippen molar-refractivity contribution in [2.75, 3.05) is 6.61 Å². The molecule has 12 nitrogen and oxygen atoms in total. The number of aliphatic hydroxyl groups is 1. The Morgan fingerprint density at radius 2 is 1.74 bits per heavy atom. The van der Waals surface area contributed by atoms with Crippen LogP contribution < -0.4 is 21.3 Å². The van der Waals surface area contributed by atoms with Gasteiger partial charge in [0.1, 0.15) is 17.8 Å². The summed E-state index contributed by atoms with van der Waals surface area (Å²) in [7, 11) is 0. The maximum atomic E-state index is 13.6. The molecule has 0 radical (unpaired) electrons. The molecule has 12 heteroatoms. The number of aliphatic hydroxyl groups excluding tert-OH is 1. The average Bonchev–Trinajstić information content (AvgIpc) is 2.89. The highest BCUT2D eigenvalue weighted by molar-refractivity contribution is 5.98. The van der Waals surface area contributed by atoms with E-state index in [0.29, 0.717) is 13.0 Å². The van der Waals surface area contributed by atoms with Gasteiger partial charge in [-0.05, 0) is 37.5 Å². The molecule has 2 aliphatic rings. The lowest BCUT2D eigenvalue weighted by atomic mass is 9.90. The number of pyridine rings is 1. The third-order valence-electron chi connectivity index (χ3n) is 7.09. The van der Waals surface area contributed by atoms with Crippen LogP contribution in [0.2, 0.25) is 0 Å². The second-order valence-electron chi connectivity index (χ2n) is 9.89. The van der Waals surface area contributed by atoms with E-state index >= 15 is 0 Å². The lowest BCUT2D eigenvalue weighted by molar-refractivity contribution is -0.144. The quantitative estimate of drug-likeness (QED) is 0.292. The predicted octanol–water partition coefficient (Wildman–Crippen LogP) is -0.598. The van der Waals surface area contributed by atoms with Crippen LogP contribution in [0.1, 0.15) is 36.3 Å². The van der Waals surface area contributed by atoms with E-state index in [4.69, 9.17) is 4.74 Å².